The van der Waals surface area contributed by atoms with Crippen molar-refractivity contribution in [1.82, 2.24) is 0 Å². The molecular formula is C20H30O5. The maximum atomic E-state index is 12.1. The van der Waals surface area contributed by atoms with Gasteiger partial charge in [-0.25, -0.2) is 0 Å². The third-order valence-corrected chi connectivity index (χ3v) is 4.57. The number of esters is 1. The summed E-state index contributed by atoms with van der Waals surface area (Å²) < 4.78 is 4.61. The van der Waals surface area contributed by atoms with Crippen molar-refractivity contribution in [3.05, 3.63) is 23.3 Å². The van der Waals surface area contributed by atoms with Crippen LogP contribution >= 0.6 is 0 Å². The average Bonchev–Trinajstić information content (AvgIpc) is 2.84. The number of aliphatic hydroxyl groups excluding tert-OH is 1. The Kier molecular flexibility index (Phi) is 9.35. The zero-order valence-electron chi connectivity index (χ0n) is 15.5. The summed E-state index contributed by atoms with van der Waals surface area (Å²) in [6.45, 7) is 3.88. The van der Waals surface area contributed by atoms with Crippen LogP contribution in [-0.2, 0) is 19.1 Å². The Balaban J connectivity index is 2.68. The van der Waals surface area contributed by atoms with Gasteiger partial charge in [-0.3, -0.25) is 14.4 Å². The van der Waals surface area contributed by atoms with Crippen LogP contribution in [0, 0.1) is 5.92 Å². The summed E-state index contributed by atoms with van der Waals surface area (Å²) >= 11 is 0. The topological polar surface area (TPSA) is 80.7 Å². The van der Waals surface area contributed by atoms with Crippen molar-refractivity contribution in [2.45, 2.75) is 71.3 Å². The minimum absolute atomic E-state index is 0.0851. The van der Waals surface area contributed by atoms with E-state index >= 15 is 0 Å². The number of ketones is 2. The van der Waals surface area contributed by atoms with Crippen LogP contribution < -0.4 is 0 Å². The molecule has 1 aliphatic rings. The third kappa shape index (κ3) is 7.34. The maximum absolute atomic E-state index is 12.1. The zero-order valence-corrected chi connectivity index (χ0v) is 15.5. The first-order valence-corrected chi connectivity index (χ1v) is 9.06. The number of unbranched alkanes of at least 4 members (excludes halogenated alkanes) is 2. The number of rotatable bonds is 10. The third-order valence-electron chi connectivity index (χ3n) is 4.57. The Morgan fingerprint density at radius 3 is 2.64 bits per heavy atom. The number of allylic oxidation sites excluding steroid dienone is 2. The van der Waals surface area contributed by atoms with E-state index in [1.807, 2.05) is 0 Å². The highest BCUT2D eigenvalue weighted by Gasteiger charge is 2.36. The first-order chi connectivity index (χ1) is 11.9. The van der Waals surface area contributed by atoms with E-state index in [4.69, 9.17) is 0 Å². The number of methoxy groups -OCH3 is 1. The number of aliphatic hydroxyl groups is 1. The lowest BCUT2D eigenvalue weighted by atomic mass is 9.92. The van der Waals surface area contributed by atoms with Crippen LogP contribution in [0.4, 0.5) is 0 Å². The van der Waals surface area contributed by atoms with Crippen molar-refractivity contribution in [2.24, 2.45) is 5.92 Å². The van der Waals surface area contributed by atoms with Crippen LogP contribution in [0.2, 0.25) is 0 Å². The Hall–Kier alpha value is -1.75. The van der Waals surface area contributed by atoms with Crippen molar-refractivity contribution >= 4 is 17.5 Å². The van der Waals surface area contributed by atoms with Crippen LogP contribution in [0.1, 0.15) is 65.2 Å². The molecule has 0 aromatic carbocycles. The lowest BCUT2D eigenvalue weighted by Crippen LogP contribution is -2.16. The van der Waals surface area contributed by atoms with Gasteiger partial charge in [-0.05, 0) is 19.8 Å². The van der Waals surface area contributed by atoms with Crippen LogP contribution in [-0.4, -0.2) is 35.9 Å². The molecule has 2 atom stereocenters. The van der Waals surface area contributed by atoms with E-state index in [-0.39, 0.29) is 36.3 Å². The van der Waals surface area contributed by atoms with Crippen molar-refractivity contribution in [3.8, 4) is 0 Å². The molecule has 0 aromatic rings. The molecule has 1 N–H and O–H groups in total. The van der Waals surface area contributed by atoms with Crippen LogP contribution in [0.3, 0.4) is 0 Å². The monoisotopic (exact) mass is 350 g/mol. The van der Waals surface area contributed by atoms with E-state index in [1.54, 1.807) is 19.1 Å². The summed E-state index contributed by atoms with van der Waals surface area (Å²) in [5.74, 6) is -0.529. The second kappa shape index (κ2) is 11.0. The van der Waals surface area contributed by atoms with E-state index in [0.717, 1.165) is 24.8 Å². The van der Waals surface area contributed by atoms with Gasteiger partial charge in [0.25, 0.3) is 0 Å². The molecule has 1 aliphatic carbocycles. The Labute approximate surface area is 150 Å². The molecule has 25 heavy (non-hydrogen) atoms. The molecule has 1 saturated carbocycles. The van der Waals surface area contributed by atoms with Crippen LogP contribution in [0.5, 0.6) is 0 Å². The van der Waals surface area contributed by atoms with Gasteiger partial charge < -0.3 is 9.84 Å². The molecule has 0 unspecified atom stereocenters. The fourth-order valence-electron chi connectivity index (χ4n) is 3.03. The molecule has 0 heterocycles. The minimum Gasteiger partial charge on any atom is -0.469 e. The summed E-state index contributed by atoms with van der Waals surface area (Å²) in [5, 5.41) is 10.1. The van der Waals surface area contributed by atoms with Crippen LogP contribution in [0.25, 0.3) is 0 Å². The summed E-state index contributed by atoms with van der Waals surface area (Å²) in [4.78, 5) is 35.3. The molecule has 0 radical (unpaired) electrons. The molecule has 140 valence electrons. The normalized spacial score (nSPS) is 22.5. The van der Waals surface area contributed by atoms with Crippen molar-refractivity contribution in [2.75, 3.05) is 7.11 Å². The largest absolute Gasteiger partial charge is 0.469 e. The molecule has 0 aromatic heterocycles. The SMILES string of the molecule is CCCCCC(=O)CC[C@@H]1C(=CC=C(C)CC(=O)OC)C(=O)C[C@H]1O. The first-order valence-electron chi connectivity index (χ1n) is 9.06. The summed E-state index contributed by atoms with van der Waals surface area (Å²) in [5.41, 5.74) is 1.33. The number of hydrogen-bond acceptors (Lipinski definition) is 5. The highest BCUT2D eigenvalue weighted by Crippen LogP contribution is 2.32. The summed E-state index contributed by atoms with van der Waals surface area (Å²) in [6.07, 6.45) is 7.43. The minimum atomic E-state index is -0.725. The van der Waals surface area contributed by atoms with Crippen molar-refractivity contribution in [3.63, 3.8) is 0 Å². The van der Waals surface area contributed by atoms with Gasteiger partial charge in [-0.15, -0.1) is 0 Å². The molecular weight excluding hydrogens is 320 g/mol. The number of carbonyl (C=O) groups is 3. The number of hydrogen-bond donors (Lipinski definition) is 1. The standard InChI is InChI=1S/C20H30O5/c1-4-5-6-7-15(21)9-11-17-16(18(22)13-19(17)23)10-8-14(2)12-20(24)25-3/h8,10,17,19,23H,4-7,9,11-13H2,1-3H3/t17-,19-/m1/s1. The predicted octanol–water partition coefficient (Wildman–Crippen LogP) is 3.30. The highest BCUT2D eigenvalue weighted by molar-refractivity contribution is 5.99. The molecule has 0 amide bonds. The van der Waals surface area contributed by atoms with Gasteiger partial charge in [0.2, 0.25) is 0 Å². The van der Waals surface area contributed by atoms with E-state index in [9.17, 15) is 19.5 Å². The van der Waals surface area contributed by atoms with Gasteiger partial charge in [-0.2, -0.15) is 0 Å². The molecule has 1 fully saturated rings. The van der Waals surface area contributed by atoms with Crippen molar-refractivity contribution in [1.29, 1.82) is 0 Å². The molecule has 5 heteroatoms. The lowest BCUT2D eigenvalue weighted by Gasteiger charge is -2.14. The molecule has 0 spiro atoms. The molecule has 0 saturated heterocycles. The summed E-state index contributed by atoms with van der Waals surface area (Å²) in [6, 6.07) is 0. The maximum Gasteiger partial charge on any atom is 0.309 e. The Morgan fingerprint density at radius 1 is 1.28 bits per heavy atom. The average molecular weight is 350 g/mol. The number of ether oxygens (including phenoxy) is 1. The van der Waals surface area contributed by atoms with E-state index < -0.39 is 6.10 Å². The van der Waals surface area contributed by atoms with Crippen molar-refractivity contribution < 1.29 is 24.2 Å². The number of carbonyl (C=O) groups excluding carboxylic acids is 3. The van der Waals surface area contributed by atoms with Gasteiger partial charge in [0.1, 0.15) is 5.78 Å². The highest BCUT2D eigenvalue weighted by atomic mass is 16.5. The van der Waals surface area contributed by atoms with Gasteiger partial charge in [0.15, 0.2) is 5.78 Å². The van der Waals surface area contributed by atoms with Gasteiger partial charge >= 0.3 is 5.97 Å². The van der Waals surface area contributed by atoms with Crippen LogP contribution in [0.15, 0.2) is 23.3 Å². The van der Waals surface area contributed by atoms with Gasteiger partial charge in [-0.1, -0.05) is 37.5 Å². The Morgan fingerprint density at radius 2 is 2.00 bits per heavy atom. The summed E-state index contributed by atoms with van der Waals surface area (Å²) in [7, 11) is 1.33. The molecule has 0 aliphatic heterocycles. The number of Topliss-reactive ketones (excluding diaryl/α,β-unsaturated/α-hetero) is 2. The van der Waals surface area contributed by atoms with Gasteiger partial charge in [0.05, 0.1) is 19.6 Å². The lowest BCUT2D eigenvalue weighted by molar-refractivity contribution is -0.139. The fraction of sp³-hybridized carbons (Fsp3) is 0.650. The predicted molar refractivity (Wildman–Crippen MR) is 96.0 cm³/mol. The van der Waals surface area contributed by atoms with Gasteiger partial charge in [0, 0.05) is 30.8 Å². The molecule has 0 bridgehead atoms. The fourth-order valence-corrected chi connectivity index (χ4v) is 3.03. The van der Waals surface area contributed by atoms with E-state index in [0.29, 0.717) is 24.8 Å². The van der Waals surface area contributed by atoms with E-state index in [1.165, 1.54) is 7.11 Å². The molecule has 1 rings (SSSR count). The zero-order chi connectivity index (χ0) is 18.8. The molecule has 5 nitrogen and oxygen atoms in total. The Bertz CT molecular complexity index is 544. The van der Waals surface area contributed by atoms with E-state index in [2.05, 4.69) is 11.7 Å². The smallest absolute Gasteiger partial charge is 0.309 e. The second-order valence-electron chi connectivity index (χ2n) is 6.72. The second-order valence-corrected chi connectivity index (χ2v) is 6.72. The first kappa shape index (κ1) is 21.3. The quantitative estimate of drug-likeness (QED) is 0.371.